The second kappa shape index (κ2) is 7.30. The van der Waals surface area contributed by atoms with Crippen LogP contribution in [-0.4, -0.2) is 38.2 Å². The molecular formula is C18H27N5O. The lowest BCUT2D eigenvalue weighted by atomic mass is 9.93. The summed E-state index contributed by atoms with van der Waals surface area (Å²) >= 11 is 0. The molecule has 24 heavy (non-hydrogen) atoms. The Kier molecular flexibility index (Phi) is 5.14. The molecule has 0 amide bonds. The fourth-order valence-electron chi connectivity index (χ4n) is 3.12. The van der Waals surface area contributed by atoms with Gasteiger partial charge in [-0.25, -0.2) is 15.0 Å². The summed E-state index contributed by atoms with van der Waals surface area (Å²) in [6, 6.07) is 2.68. The summed E-state index contributed by atoms with van der Waals surface area (Å²) in [5, 5.41) is 17.4. The van der Waals surface area contributed by atoms with Gasteiger partial charge in [0.05, 0.1) is 6.10 Å². The van der Waals surface area contributed by atoms with Crippen LogP contribution in [0.4, 0.5) is 11.8 Å². The van der Waals surface area contributed by atoms with Gasteiger partial charge in [-0.15, -0.1) is 0 Å². The summed E-state index contributed by atoms with van der Waals surface area (Å²) in [6.07, 6.45) is 6.18. The van der Waals surface area contributed by atoms with Crippen molar-refractivity contribution in [3.05, 3.63) is 18.0 Å². The predicted molar refractivity (Wildman–Crippen MR) is 97.4 cm³/mol. The van der Waals surface area contributed by atoms with Crippen LogP contribution in [0.1, 0.15) is 52.1 Å². The normalized spacial score (nSPS) is 21.2. The number of hydrogen-bond acceptors (Lipinski definition) is 6. The summed E-state index contributed by atoms with van der Waals surface area (Å²) in [6.45, 7) is 6.29. The van der Waals surface area contributed by atoms with Crippen molar-refractivity contribution in [1.82, 2.24) is 15.0 Å². The van der Waals surface area contributed by atoms with Crippen LogP contribution in [0, 0.1) is 0 Å². The van der Waals surface area contributed by atoms with Gasteiger partial charge in [0.15, 0.2) is 5.82 Å². The molecule has 0 radical (unpaired) electrons. The minimum atomic E-state index is -0.154. The van der Waals surface area contributed by atoms with Crippen molar-refractivity contribution >= 4 is 22.7 Å². The van der Waals surface area contributed by atoms with E-state index in [1.165, 1.54) is 0 Å². The van der Waals surface area contributed by atoms with Crippen molar-refractivity contribution in [3.63, 3.8) is 0 Å². The van der Waals surface area contributed by atoms with Crippen molar-refractivity contribution < 1.29 is 5.11 Å². The van der Waals surface area contributed by atoms with E-state index in [2.05, 4.69) is 42.5 Å². The number of aryl methyl sites for hydroxylation is 1. The van der Waals surface area contributed by atoms with Crippen LogP contribution in [0.5, 0.6) is 0 Å². The first-order chi connectivity index (χ1) is 11.5. The molecule has 0 unspecified atom stereocenters. The van der Waals surface area contributed by atoms with Crippen LogP contribution >= 0.6 is 0 Å². The van der Waals surface area contributed by atoms with Crippen molar-refractivity contribution in [1.29, 1.82) is 0 Å². The Morgan fingerprint density at radius 2 is 1.96 bits per heavy atom. The third-order valence-corrected chi connectivity index (χ3v) is 4.44. The fourth-order valence-corrected chi connectivity index (χ4v) is 3.12. The number of anilines is 2. The number of aromatic nitrogens is 3. The Hall–Kier alpha value is -1.95. The molecule has 3 rings (SSSR count). The van der Waals surface area contributed by atoms with E-state index in [4.69, 9.17) is 9.97 Å². The Balaban J connectivity index is 1.88. The maximum Gasteiger partial charge on any atom is 0.223 e. The van der Waals surface area contributed by atoms with E-state index < -0.39 is 0 Å². The number of hydrogen-bond donors (Lipinski definition) is 3. The Morgan fingerprint density at radius 3 is 2.62 bits per heavy atom. The highest BCUT2D eigenvalue weighted by atomic mass is 16.3. The summed E-state index contributed by atoms with van der Waals surface area (Å²) in [7, 11) is 0. The Labute approximate surface area is 143 Å². The van der Waals surface area contributed by atoms with Crippen molar-refractivity contribution in [3.8, 4) is 0 Å². The zero-order chi connectivity index (χ0) is 17.1. The van der Waals surface area contributed by atoms with Crippen LogP contribution in [0.25, 0.3) is 10.9 Å². The third-order valence-electron chi connectivity index (χ3n) is 4.44. The van der Waals surface area contributed by atoms with E-state index in [1.54, 1.807) is 0 Å². The minimum absolute atomic E-state index is 0.154. The summed E-state index contributed by atoms with van der Waals surface area (Å²) in [4.78, 5) is 13.9. The van der Waals surface area contributed by atoms with E-state index in [0.717, 1.165) is 54.5 Å². The number of aliphatic hydroxyl groups is 1. The number of rotatable bonds is 5. The molecule has 0 bridgehead atoms. The van der Waals surface area contributed by atoms with Gasteiger partial charge >= 0.3 is 0 Å². The first kappa shape index (κ1) is 16.9. The molecule has 0 aliphatic heterocycles. The molecule has 3 N–H and O–H groups in total. The maximum absolute atomic E-state index is 9.63. The van der Waals surface area contributed by atoms with Gasteiger partial charge in [-0.05, 0) is 52.0 Å². The lowest BCUT2D eigenvalue weighted by molar-refractivity contribution is 0.126. The number of nitrogens with one attached hydrogen (secondary N) is 2. The molecule has 130 valence electrons. The van der Waals surface area contributed by atoms with Gasteiger partial charge in [0.2, 0.25) is 5.95 Å². The lowest BCUT2D eigenvalue weighted by Gasteiger charge is -2.26. The molecule has 0 atom stereocenters. The third kappa shape index (κ3) is 3.93. The molecule has 1 fully saturated rings. The number of pyridine rings is 1. The van der Waals surface area contributed by atoms with Gasteiger partial charge in [0.1, 0.15) is 5.52 Å². The summed E-state index contributed by atoms with van der Waals surface area (Å²) in [5.74, 6) is 1.46. The topological polar surface area (TPSA) is 83.0 Å². The van der Waals surface area contributed by atoms with E-state index in [9.17, 15) is 5.11 Å². The number of fused-ring (bicyclic) bond motifs is 1. The monoisotopic (exact) mass is 329 g/mol. The molecular weight excluding hydrogens is 302 g/mol. The standard InChI is InChI=1S/C18H27N5O/c1-4-13-9-12-10-19-18(22-14-5-7-15(24)8-6-14)23-16(12)17(21-13)20-11(2)3/h9-11,14-15,24H,4-8H2,1-3H3,(H,20,21)(H,19,22,23)/t14-,15-. The quantitative estimate of drug-likeness (QED) is 0.782. The minimum Gasteiger partial charge on any atom is -0.393 e. The fraction of sp³-hybridized carbons (Fsp3) is 0.611. The first-order valence-electron chi connectivity index (χ1n) is 8.93. The molecule has 1 aliphatic carbocycles. The first-order valence-corrected chi connectivity index (χ1v) is 8.93. The van der Waals surface area contributed by atoms with Gasteiger partial charge in [-0.1, -0.05) is 6.92 Å². The van der Waals surface area contributed by atoms with Crippen molar-refractivity contribution in [2.75, 3.05) is 10.6 Å². The van der Waals surface area contributed by atoms with Gasteiger partial charge in [0, 0.05) is 29.4 Å². The van der Waals surface area contributed by atoms with Crippen LogP contribution < -0.4 is 10.6 Å². The van der Waals surface area contributed by atoms with Crippen molar-refractivity contribution in [2.45, 2.75) is 71.1 Å². The van der Waals surface area contributed by atoms with E-state index in [0.29, 0.717) is 18.0 Å². The van der Waals surface area contributed by atoms with Crippen LogP contribution in [0.15, 0.2) is 12.3 Å². The second-order valence-corrected chi connectivity index (χ2v) is 6.90. The zero-order valence-electron chi connectivity index (χ0n) is 14.7. The second-order valence-electron chi connectivity index (χ2n) is 6.90. The highest BCUT2D eigenvalue weighted by Crippen LogP contribution is 2.25. The molecule has 0 spiro atoms. The van der Waals surface area contributed by atoms with Crippen LogP contribution in [0.2, 0.25) is 0 Å². The van der Waals surface area contributed by atoms with Crippen LogP contribution in [-0.2, 0) is 6.42 Å². The average molecular weight is 329 g/mol. The maximum atomic E-state index is 9.63. The van der Waals surface area contributed by atoms with Gasteiger partial charge in [-0.2, -0.15) is 0 Å². The molecule has 0 aromatic carbocycles. The number of aliphatic hydroxyl groups excluding tert-OH is 1. The summed E-state index contributed by atoms with van der Waals surface area (Å²) < 4.78 is 0. The molecule has 1 aliphatic rings. The largest absolute Gasteiger partial charge is 0.393 e. The Morgan fingerprint density at radius 1 is 1.21 bits per heavy atom. The Bertz CT molecular complexity index is 695. The lowest BCUT2D eigenvalue weighted by Crippen LogP contribution is -2.28. The zero-order valence-corrected chi connectivity index (χ0v) is 14.7. The molecule has 1 saturated carbocycles. The number of nitrogens with zero attached hydrogens (tertiary/aromatic N) is 3. The average Bonchev–Trinajstić information content (AvgIpc) is 2.56. The van der Waals surface area contributed by atoms with Gasteiger partial charge in [0.25, 0.3) is 0 Å². The molecule has 6 nitrogen and oxygen atoms in total. The molecule has 2 aromatic rings. The molecule has 2 aromatic heterocycles. The smallest absolute Gasteiger partial charge is 0.223 e. The molecule has 0 saturated heterocycles. The SMILES string of the molecule is CCc1cc2cnc(N[C@H]3CC[C@H](O)CC3)nc2c(NC(C)C)n1. The van der Waals surface area contributed by atoms with Gasteiger partial charge < -0.3 is 15.7 Å². The van der Waals surface area contributed by atoms with Crippen molar-refractivity contribution in [2.24, 2.45) is 0 Å². The summed E-state index contributed by atoms with van der Waals surface area (Å²) in [5.41, 5.74) is 1.89. The highest BCUT2D eigenvalue weighted by Gasteiger charge is 2.20. The van der Waals surface area contributed by atoms with E-state index in [1.807, 2.05) is 6.20 Å². The highest BCUT2D eigenvalue weighted by molar-refractivity contribution is 5.88. The van der Waals surface area contributed by atoms with E-state index >= 15 is 0 Å². The molecule has 2 heterocycles. The van der Waals surface area contributed by atoms with E-state index in [-0.39, 0.29) is 6.10 Å². The van der Waals surface area contributed by atoms with Gasteiger partial charge in [-0.3, -0.25) is 0 Å². The molecule has 6 heteroatoms. The van der Waals surface area contributed by atoms with Crippen LogP contribution in [0.3, 0.4) is 0 Å². The predicted octanol–water partition coefficient (Wildman–Crippen LogP) is 3.12.